The number of thiophene rings is 1. The first-order chi connectivity index (χ1) is 10.9. The summed E-state index contributed by atoms with van der Waals surface area (Å²) in [6, 6.07) is 11.5. The van der Waals surface area contributed by atoms with Crippen LogP contribution in [0.4, 0.5) is 5.69 Å². The van der Waals surface area contributed by atoms with Gasteiger partial charge in [0.05, 0.1) is 4.88 Å². The van der Waals surface area contributed by atoms with Gasteiger partial charge >= 0.3 is 0 Å². The van der Waals surface area contributed by atoms with Crippen LogP contribution in [0.5, 0.6) is 0 Å². The molecule has 0 fully saturated rings. The summed E-state index contributed by atoms with van der Waals surface area (Å²) in [7, 11) is 3.39. The standard InChI is InChI=1S/C18H22N2O2S/c1-13(2)14-7-5-8-15(11-14)20(4)17(21)12-19(3)18(22)16-9-6-10-23-16/h5-11,13H,12H2,1-4H3. The molecule has 2 aromatic rings. The van der Waals surface area contributed by atoms with E-state index >= 15 is 0 Å². The molecule has 1 aromatic heterocycles. The third kappa shape index (κ3) is 4.20. The van der Waals surface area contributed by atoms with Gasteiger partial charge in [-0.15, -0.1) is 11.3 Å². The Bertz CT molecular complexity index is 680. The van der Waals surface area contributed by atoms with Crippen molar-refractivity contribution in [3.63, 3.8) is 0 Å². The second-order valence-corrected chi connectivity index (χ2v) is 6.79. The lowest BCUT2D eigenvalue weighted by Gasteiger charge is -2.22. The largest absolute Gasteiger partial charge is 0.332 e. The molecule has 4 nitrogen and oxygen atoms in total. The molecule has 0 aliphatic rings. The van der Waals surface area contributed by atoms with Crippen LogP contribution in [0.15, 0.2) is 41.8 Å². The molecule has 2 amide bonds. The highest BCUT2D eigenvalue weighted by molar-refractivity contribution is 7.12. The van der Waals surface area contributed by atoms with Gasteiger partial charge in [0, 0.05) is 19.8 Å². The van der Waals surface area contributed by atoms with E-state index in [1.54, 1.807) is 25.1 Å². The minimum Gasteiger partial charge on any atom is -0.332 e. The molecular formula is C18H22N2O2S. The maximum atomic E-state index is 12.4. The summed E-state index contributed by atoms with van der Waals surface area (Å²) in [5.74, 6) is 0.164. The third-order valence-electron chi connectivity index (χ3n) is 3.75. The summed E-state index contributed by atoms with van der Waals surface area (Å²) in [6.07, 6.45) is 0. The number of carbonyl (C=O) groups is 2. The monoisotopic (exact) mass is 330 g/mol. The molecule has 2 rings (SSSR count). The number of rotatable bonds is 5. The van der Waals surface area contributed by atoms with E-state index in [4.69, 9.17) is 0 Å². The predicted molar refractivity (Wildman–Crippen MR) is 95.2 cm³/mol. The fraction of sp³-hybridized carbons (Fsp3) is 0.333. The summed E-state index contributed by atoms with van der Waals surface area (Å²) in [4.78, 5) is 28.4. The van der Waals surface area contributed by atoms with Crippen LogP contribution in [0, 0.1) is 0 Å². The number of nitrogens with zero attached hydrogens (tertiary/aromatic N) is 2. The Hall–Kier alpha value is -2.14. The highest BCUT2D eigenvalue weighted by Crippen LogP contribution is 2.21. The maximum absolute atomic E-state index is 12.4. The van der Waals surface area contributed by atoms with E-state index in [2.05, 4.69) is 19.9 Å². The fourth-order valence-corrected chi connectivity index (χ4v) is 2.92. The zero-order valence-electron chi connectivity index (χ0n) is 13.9. The molecule has 0 aliphatic carbocycles. The van der Waals surface area contributed by atoms with Gasteiger partial charge in [0.2, 0.25) is 5.91 Å². The number of amides is 2. The SMILES string of the molecule is CC(C)c1cccc(N(C)C(=O)CN(C)C(=O)c2cccs2)c1. The average Bonchev–Trinajstić information content (AvgIpc) is 3.07. The molecule has 0 unspecified atom stereocenters. The van der Waals surface area contributed by atoms with Crippen LogP contribution in [0.3, 0.4) is 0 Å². The molecule has 0 bridgehead atoms. The van der Waals surface area contributed by atoms with Gasteiger partial charge in [-0.05, 0) is 35.1 Å². The number of hydrogen-bond donors (Lipinski definition) is 0. The first-order valence-corrected chi connectivity index (χ1v) is 8.43. The van der Waals surface area contributed by atoms with Crippen LogP contribution < -0.4 is 4.90 Å². The van der Waals surface area contributed by atoms with Crippen molar-refractivity contribution >= 4 is 28.8 Å². The molecule has 5 heteroatoms. The first kappa shape index (κ1) is 17.2. The van der Waals surface area contributed by atoms with E-state index in [-0.39, 0.29) is 18.4 Å². The predicted octanol–water partition coefficient (Wildman–Crippen LogP) is 3.61. The molecular weight excluding hydrogens is 308 g/mol. The van der Waals surface area contributed by atoms with Crippen molar-refractivity contribution in [2.45, 2.75) is 19.8 Å². The second kappa shape index (κ2) is 7.42. The van der Waals surface area contributed by atoms with E-state index in [0.29, 0.717) is 10.8 Å². The molecule has 0 spiro atoms. The highest BCUT2D eigenvalue weighted by Gasteiger charge is 2.19. The normalized spacial score (nSPS) is 10.7. The molecule has 1 aromatic carbocycles. The van der Waals surface area contributed by atoms with E-state index in [1.165, 1.54) is 21.8 Å². The van der Waals surface area contributed by atoms with Crippen LogP contribution in [0.2, 0.25) is 0 Å². The van der Waals surface area contributed by atoms with Crippen molar-refractivity contribution in [1.82, 2.24) is 4.90 Å². The van der Waals surface area contributed by atoms with Gasteiger partial charge in [0.25, 0.3) is 5.91 Å². The second-order valence-electron chi connectivity index (χ2n) is 5.84. The minimum absolute atomic E-state index is 0.0547. The van der Waals surface area contributed by atoms with Crippen LogP contribution in [-0.4, -0.2) is 37.4 Å². The van der Waals surface area contributed by atoms with Crippen molar-refractivity contribution in [2.24, 2.45) is 0 Å². The lowest BCUT2D eigenvalue weighted by molar-refractivity contribution is -0.118. The molecule has 0 saturated carbocycles. The quantitative estimate of drug-likeness (QED) is 0.840. The topological polar surface area (TPSA) is 40.6 Å². The fourth-order valence-electron chi connectivity index (χ4n) is 2.21. The van der Waals surface area contributed by atoms with Crippen molar-refractivity contribution < 1.29 is 9.59 Å². The van der Waals surface area contributed by atoms with Gasteiger partial charge in [-0.1, -0.05) is 32.0 Å². The smallest absolute Gasteiger partial charge is 0.264 e. The number of likely N-dealkylation sites (N-methyl/N-ethyl adjacent to an activating group) is 2. The molecule has 0 atom stereocenters. The van der Waals surface area contributed by atoms with Gasteiger partial charge in [0.15, 0.2) is 0 Å². The van der Waals surface area contributed by atoms with Gasteiger partial charge in [-0.25, -0.2) is 0 Å². The molecule has 1 heterocycles. The summed E-state index contributed by atoms with van der Waals surface area (Å²) >= 11 is 1.38. The van der Waals surface area contributed by atoms with Crippen molar-refractivity contribution in [3.05, 3.63) is 52.2 Å². The Balaban J connectivity index is 2.05. The zero-order chi connectivity index (χ0) is 17.0. The average molecular weight is 330 g/mol. The van der Waals surface area contributed by atoms with Crippen molar-refractivity contribution in [3.8, 4) is 0 Å². The lowest BCUT2D eigenvalue weighted by atomic mass is 10.0. The first-order valence-electron chi connectivity index (χ1n) is 7.55. The van der Waals surface area contributed by atoms with Crippen LogP contribution in [0.25, 0.3) is 0 Å². The molecule has 0 saturated heterocycles. The van der Waals surface area contributed by atoms with Crippen LogP contribution >= 0.6 is 11.3 Å². The number of hydrogen-bond acceptors (Lipinski definition) is 3. The minimum atomic E-state index is -0.127. The van der Waals surface area contributed by atoms with E-state index in [0.717, 1.165) is 5.69 Å². The number of anilines is 1. The zero-order valence-corrected chi connectivity index (χ0v) is 14.8. The van der Waals surface area contributed by atoms with Crippen molar-refractivity contribution in [2.75, 3.05) is 25.5 Å². The van der Waals surface area contributed by atoms with E-state index in [9.17, 15) is 9.59 Å². The number of benzene rings is 1. The molecule has 0 N–H and O–H groups in total. The summed E-state index contributed by atoms with van der Waals surface area (Å²) in [5.41, 5.74) is 2.03. The lowest BCUT2D eigenvalue weighted by Crippen LogP contribution is -2.39. The molecule has 0 aliphatic heterocycles. The molecule has 122 valence electrons. The van der Waals surface area contributed by atoms with Gasteiger partial charge < -0.3 is 9.80 Å². The molecule has 23 heavy (non-hydrogen) atoms. The number of carbonyl (C=O) groups excluding carboxylic acids is 2. The maximum Gasteiger partial charge on any atom is 0.264 e. The van der Waals surface area contributed by atoms with Gasteiger partial charge in [0.1, 0.15) is 6.54 Å². The van der Waals surface area contributed by atoms with Gasteiger partial charge in [-0.3, -0.25) is 9.59 Å². The summed E-state index contributed by atoms with van der Waals surface area (Å²) < 4.78 is 0. The summed E-state index contributed by atoms with van der Waals surface area (Å²) in [5, 5.41) is 1.85. The molecule has 0 radical (unpaired) electrons. The summed E-state index contributed by atoms with van der Waals surface area (Å²) in [6.45, 7) is 4.29. The Morgan fingerprint density at radius 3 is 2.48 bits per heavy atom. The van der Waals surface area contributed by atoms with E-state index < -0.39 is 0 Å². The van der Waals surface area contributed by atoms with Crippen molar-refractivity contribution in [1.29, 1.82) is 0 Å². The van der Waals surface area contributed by atoms with Gasteiger partial charge in [-0.2, -0.15) is 0 Å². The Kier molecular flexibility index (Phi) is 5.55. The Labute approximate surface area is 141 Å². The Morgan fingerprint density at radius 2 is 1.87 bits per heavy atom. The van der Waals surface area contributed by atoms with Crippen LogP contribution in [0.1, 0.15) is 35.0 Å². The Morgan fingerprint density at radius 1 is 1.13 bits per heavy atom. The third-order valence-corrected chi connectivity index (χ3v) is 4.61. The van der Waals surface area contributed by atoms with E-state index in [1.807, 2.05) is 29.6 Å². The highest BCUT2D eigenvalue weighted by atomic mass is 32.1. The van der Waals surface area contributed by atoms with Crippen LogP contribution in [-0.2, 0) is 4.79 Å².